The summed E-state index contributed by atoms with van der Waals surface area (Å²) < 4.78 is 2.10. The molecule has 3 aromatic heterocycles. The molecule has 1 aromatic carbocycles. The molecule has 12 nitrogen and oxygen atoms in total. The Kier molecular flexibility index (Phi) is 6.89. The first kappa shape index (κ1) is 28.0. The Morgan fingerprint density at radius 3 is 2.50 bits per heavy atom. The molecule has 2 N–H and O–H groups in total. The number of carbonyl (C=O) groups excluding carboxylic acids is 3. The van der Waals surface area contributed by atoms with Crippen molar-refractivity contribution in [3.05, 3.63) is 58.1 Å². The van der Waals surface area contributed by atoms with Crippen molar-refractivity contribution in [1.82, 2.24) is 34.6 Å². The second-order valence-corrected chi connectivity index (χ2v) is 12.1. The van der Waals surface area contributed by atoms with E-state index in [2.05, 4.69) is 53.2 Å². The van der Waals surface area contributed by atoms with Gasteiger partial charge in [0, 0.05) is 36.3 Å². The zero-order valence-electron chi connectivity index (χ0n) is 23.6. The summed E-state index contributed by atoms with van der Waals surface area (Å²) in [5.74, 6) is -0.163. The number of hydrogen-bond acceptors (Lipinski definition) is 9. The van der Waals surface area contributed by atoms with E-state index >= 15 is 0 Å². The van der Waals surface area contributed by atoms with Gasteiger partial charge in [0.2, 0.25) is 11.8 Å². The zero-order valence-corrected chi connectivity index (χ0v) is 25.1. The van der Waals surface area contributed by atoms with E-state index in [0.717, 1.165) is 23.1 Å². The highest BCUT2D eigenvalue weighted by Gasteiger charge is 2.64. The lowest BCUT2D eigenvalue weighted by atomic mass is 10.0. The van der Waals surface area contributed by atoms with Gasteiger partial charge in [0.25, 0.3) is 0 Å². The smallest absolute Gasteiger partial charge is 0.248 e. The molecule has 0 spiro atoms. The molecule has 0 radical (unpaired) electrons. The number of fused-ring (bicyclic) bond motifs is 2. The molecule has 2 amide bonds. The highest BCUT2D eigenvalue weighted by atomic mass is 79.9. The molecule has 0 bridgehead atoms. The minimum atomic E-state index is -0.660. The number of halogens is 1. The number of aromatic nitrogens is 6. The van der Waals surface area contributed by atoms with Crippen molar-refractivity contribution in [3.63, 3.8) is 0 Å². The number of aryl methyl sites for hydroxylation is 2. The van der Waals surface area contributed by atoms with Gasteiger partial charge in [0.1, 0.15) is 29.5 Å². The molecule has 4 heterocycles. The molecular formula is C29H29BrN8O4. The summed E-state index contributed by atoms with van der Waals surface area (Å²) in [6, 6.07) is 3.07. The van der Waals surface area contributed by atoms with Crippen LogP contribution in [0.5, 0.6) is 0 Å². The fourth-order valence-corrected chi connectivity index (χ4v) is 6.21. The lowest BCUT2D eigenvalue weighted by Gasteiger charge is -2.27. The summed E-state index contributed by atoms with van der Waals surface area (Å²) in [5.41, 5.74) is 3.83. The van der Waals surface area contributed by atoms with E-state index in [9.17, 15) is 19.5 Å². The molecule has 216 valence electrons. The molecule has 1 aliphatic carbocycles. The van der Waals surface area contributed by atoms with Crippen LogP contribution < -0.4 is 5.32 Å². The average molecular weight is 634 g/mol. The van der Waals surface area contributed by atoms with Gasteiger partial charge >= 0.3 is 0 Å². The van der Waals surface area contributed by atoms with Crippen molar-refractivity contribution >= 4 is 50.2 Å². The van der Waals surface area contributed by atoms with E-state index in [4.69, 9.17) is 0 Å². The van der Waals surface area contributed by atoms with Crippen molar-refractivity contribution < 1.29 is 19.5 Å². The number of benzene rings is 1. The van der Waals surface area contributed by atoms with Crippen LogP contribution in [0.25, 0.3) is 22.0 Å². The Morgan fingerprint density at radius 1 is 1.10 bits per heavy atom. The predicted molar refractivity (Wildman–Crippen MR) is 156 cm³/mol. The molecule has 13 heteroatoms. The lowest BCUT2D eigenvalue weighted by Crippen LogP contribution is -2.46. The average Bonchev–Trinajstić information content (AvgIpc) is 3.31. The molecule has 2 fully saturated rings. The number of aliphatic hydroxyl groups excluding tert-OH is 1. The van der Waals surface area contributed by atoms with E-state index in [1.165, 1.54) is 13.1 Å². The van der Waals surface area contributed by atoms with Gasteiger partial charge in [-0.2, -0.15) is 5.10 Å². The molecule has 4 aromatic rings. The van der Waals surface area contributed by atoms with Crippen LogP contribution >= 0.6 is 15.9 Å². The van der Waals surface area contributed by atoms with Crippen LogP contribution in [0.4, 0.5) is 5.82 Å². The topological polar surface area (TPSA) is 156 Å². The van der Waals surface area contributed by atoms with Crippen molar-refractivity contribution in [1.29, 1.82) is 0 Å². The Hall–Kier alpha value is -4.10. The number of ketones is 1. The highest BCUT2D eigenvalue weighted by Crippen LogP contribution is 2.59. The van der Waals surface area contributed by atoms with Gasteiger partial charge in [-0.05, 0) is 71.3 Å². The Bertz CT molecular complexity index is 1770. The second kappa shape index (κ2) is 10.3. The number of aliphatic hydroxyl groups is 1. The molecule has 6 rings (SSSR count). The molecule has 1 saturated carbocycles. The first-order chi connectivity index (χ1) is 20.0. The Morgan fingerprint density at radius 2 is 1.83 bits per heavy atom. The van der Waals surface area contributed by atoms with Crippen LogP contribution in [-0.4, -0.2) is 69.4 Å². The van der Waals surface area contributed by atoms with Gasteiger partial charge in [-0.1, -0.05) is 6.92 Å². The Labute approximate surface area is 249 Å². The van der Waals surface area contributed by atoms with Crippen molar-refractivity contribution in [3.8, 4) is 11.1 Å². The summed E-state index contributed by atoms with van der Waals surface area (Å²) in [6.07, 6.45) is 6.11. The van der Waals surface area contributed by atoms with Crippen molar-refractivity contribution in [2.24, 2.45) is 5.41 Å². The summed E-state index contributed by atoms with van der Waals surface area (Å²) >= 11 is 3.34. The number of rotatable bonds is 7. The van der Waals surface area contributed by atoms with Crippen LogP contribution in [0.2, 0.25) is 0 Å². The highest BCUT2D eigenvalue weighted by molar-refractivity contribution is 9.10. The SMILES string of the molecule is CC(=O)c1nn(CC(=O)N2[C@H](C(=O)Nc3cnc(C)c(Br)n3)C[C@@]3(C)C[C@@H]23)c2c(C)cc(-c3cnc(CO)nc3)cc12. The van der Waals surface area contributed by atoms with Crippen LogP contribution in [0.3, 0.4) is 0 Å². The van der Waals surface area contributed by atoms with E-state index < -0.39 is 6.04 Å². The number of likely N-dealkylation sites (tertiary alicyclic amines) is 1. The molecule has 2 aliphatic rings. The molecule has 1 saturated heterocycles. The second-order valence-electron chi connectivity index (χ2n) is 11.3. The van der Waals surface area contributed by atoms with E-state index in [1.54, 1.807) is 28.9 Å². The first-order valence-corrected chi connectivity index (χ1v) is 14.3. The minimum absolute atomic E-state index is 0.0414. The third kappa shape index (κ3) is 4.86. The first-order valence-electron chi connectivity index (χ1n) is 13.5. The number of anilines is 1. The van der Waals surface area contributed by atoms with Crippen LogP contribution in [0.1, 0.15) is 54.3 Å². The van der Waals surface area contributed by atoms with Gasteiger partial charge in [0.05, 0.1) is 17.4 Å². The summed E-state index contributed by atoms with van der Waals surface area (Å²) in [6.45, 7) is 6.85. The summed E-state index contributed by atoms with van der Waals surface area (Å²) in [7, 11) is 0. The maximum atomic E-state index is 13.9. The monoisotopic (exact) mass is 632 g/mol. The lowest BCUT2D eigenvalue weighted by molar-refractivity contribution is -0.138. The van der Waals surface area contributed by atoms with Gasteiger partial charge in [-0.25, -0.2) is 15.0 Å². The van der Waals surface area contributed by atoms with Crippen molar-refractivity contribution in [2.75, 3.05) is 5.32 Å². The Balaban J connectivity index is 1.30. The third-order valence-electron chi connectivity index (χ3n) is 8.21. The quantitative estimate of drug-likeness (QED) is 0.292. The summed E-state index contributed by atoms with van der Waals surface area (Å²) in [5, 5.41) is 17.3. The zero-order chi connectivity index (χ0) is 29.9. The standard InChI is InChI=1S/C29H29BrN8O4/c1-14-5-17(18-9-32-23(13-39)33-10-18)6-19-25(16(3)40)36-37(26(14)19)12-24(41)38-20(7-29(4)8-21(29)38)28(42)35-22-11-31-15(2)27(30)34-22/h5-6,9-11,20-21,39H,7-8,12-13H2,1-4H3,(H,34,35,42)/t20-,21+,29-/m0/s1. The molecule has 42 heavy (non-hydrogen) atoms. The van der Waals surface area contributed by atoms with E-state index in [0.29, 0.717) is 39.3 Å². The molecular weight excluding hydrogens is 604 g/mol. The van der Waals surface area contributed by atoms with Crippen molar-refractivity contribution in [2.45, 2.75) is 65.8 Å². The number of carbonyl (C=O) groups is 3. The molecule has 0 unspecified atom stereocenters. The number of piperidine rings is 1. The predicted octanol–water partition coefficient (Wildman–Crippen LogP) is 3.38. The number of nitrogens with one attached hydrogen (secondary N) is 1. The summed E-state index contributed by atoms with van der Waals surface area (Å²) in [4.78, 5) is 58.4. The molecule has 3 atom stereocenters. The number of hydrogen-bond donors (Lipinski definition) is 2. The third-order valence-corrected chi connectivity index (χ3v) is 8.96. The minimum Gasteiger partial charge on any atom is -0.388 e. The van der Waals surface area contributed by atoms with E-state index in [1.807, 2.05) is 19.1 Å². The maximum absolute atomic E-state index is 13.9. The van der Waals surface area contributed by atoms with Crippen LogP contribution in [0.15, 0.2) is 35.3 Å². The number of amides is 2. The number of Topliss-reactive ketones (excluding diaryl/α,β-unsaturated/α-hetero) is 1. The van der Waals surface area contributed by atoms with Gasteiger partial charge in [0.15, 0.2) is 17.4 Å². The van der Waals surface area contributed by atoms with Gasteiger partial charge in [-0.3, -0.25) is 24.0 Å². The van der Waals surface area contributed by atoms with Gasteiger partial charge < -0.3 is 15.3 Å². The normalized spacial score (nSPS) is 21.0. The number of nitrogens with zero attached hydrogens (tertiary/aromatic N) is 7. The van der Waals surface area contributed by atoms with Crippen LogP contribution in [-0.2, 0) is 22.7 Å². The fourth-order valence-electron chi connectivity index (χ4n) is 5.92. The van der Waals surface area contributed by atoms with E-state index in [-0.39, 0.29) is 47.9 Å². The largest absolute Gasteiger partial charge is 0.388 e. The fraction of sp³-hybridized carbons (Fsp3) is 0.379. The van der Waals surface area contributed by atoms with Crippen LogP contribution in [0, 0.1) is 19.3 Å². The maximum Gasteiger partial charge on any atom is 0.248 e. The van der Waals surface area contributed by atoms with Gasteiger partial charge in [-0.15, -0.1) is 0 Å². The molecule has 1 aliphatic heterocycles.